The van der Waals surface area contributed by atoms with Gasteiger partial charge in [-0.25, -0.2) is 8.42 Å². The molecule has 1 unspecified atom stereocenters. The summed E-state index contributed by atoms with van der Waals surface area (Å²) in [5.41, 5.74) is 0.404. The van der Waals surface area contributed by atoms with Gasteiger partial charge in [-0.05, 0) is 44.0 Å². The number of piperidine rings is 1. The Morgan fingerprint density at radius 3 is 2.50 bits per heavy atom. The maximum atomic E-state index is 13.0. The molecule has 182 valence electrons. The number of nitrogens with one attached hydrogen (secondary N) is 1. The lowest BCUT2D eigenvalue weighted by Gasteiger charge is -2.33. The first-order chi connectivity index (χ1) is 16.3. The molecule has 0 spiro atoms. The monoisotopic (exact) mass is 489 g/mol. The normalized spacial score (nSPS) is 16.5. The topological polar surface area (TPSA) is 129 Å². The molecular weight excluding hydrogens is 462 g/mol. The van der Waals surface area contributed by atoms with Gasteiger partial charge < -0.3 is 18.8 Å². The molecule has 2 aromatic heterocycles. The minimum atomic E-state index is -3.89. The molecule has 0 aliphatic carbocycles. The van der Waals surface area contributed by atoms with E-state index >= 15 is 0 Å². The molecule has 1 aliphatic rings. The highest BCUT2D eigenvalue weighted by Crippen LogP contribution is 2.37. The number of carbonyl (C=O) groups is 1. The Morgan fingerprint density at radius 2 is 1.88 bits per heavy atom. The van der Waals surface area contributed by atoms with Crippen LogP contribution in [-0.2, 0) is 14.8 Å². The van der Waals surface area contributed by atoms with Gasteiger partial charge in [0.15, 0.2) is 5.76 Å². The van der Waals surface area contributed by atoms with Crippen molar-refractivity contribution in [3.8, 4) is 28.8 Å². The summed E-state index contributed by atoms with van der Waals surface area (Å²) in [6, 6.07) is 8.55. The summed E-state index contributed by atoms with van der Waals surface area (Å²) in [5.74, 6) is 1.09. The van der Waals surface area contributed by atoms with Gasteiger partial charge in [-0.1, -0.05) is 6.07 Å². The number of sulfonamides is 1. The number of amides is 1. The second kappa shape index (κ2) is 9.75. The lowest BCUT2D eigenvalue weighted by Crippen LogP contribution is -2.44. The number of anilines is 1. The second-order valence-corrected chi connectivity index (χ2v) is 9.76. The molecular formula is C22H27N5O6S. The number of benzene rings is 1. The summed E-state index contributed by atoms with van der Waals surface area (Å²) < 4.78 is 46.6. The van der Waals surface area contributed by atoms with Crippen molar-refractivity contribution >= 4 is 21.9 Å². The molecule has 12 heteroatoms. The number of hydrogen-bond donors (Lipinski definition) is 1. The molecule has 1 fully saturated rings. The van der Waals surface area contributed by atoms with E-state index in [4.69, 9.17) is 13.9 Å². The number of likely N-dealkylation sites (tertiary alicyclic amines) is 1. The number of furan rings is 1. The second-order valence-electron chi connectivity index (χ2n) is 7.92. The SMILES string of the molecule is COc1cccc(OC)c1-n1c(NS(=O)(=O)CCN2C(=O)CCCC2C)nnc1-c1ccco1. The third kappa shape index (κ3) is 4.72. The van der Waals surface area contributed by atoms with Crippen molar-refractivity contribution in [2.24, 2.45) is 0 Å². The molecule has 1 aromatic carbocycles. The van der Waals surface area contributed by atoms with Gasteiger partial charge in [-0.2, -0.15) is 0 Å². The Morgan fingerprint density at radius 1 is 1.15 bits per heavy atom. The molecule has 3 heterocycles. The van der Waals surface area contributed by atoms with Crippen LogP contribution in [0.3, 0.4) is 0 Å². The lowest BCUT2D eigenvalue weighted by atomic mass is 10.0. The maximum absolute atomic E-state index is 13.0. The Bertz CT molecular complexity index is 1230. The number of ether oxygens (including phenoxy) is 2. The predicted molar refractivity (Wildman–Crippen MR) is 125 cm³/mol. The van der Waals surface area contributed by atoms with Crippen molar-refractivity contribution in [3.63, 3.8) is 0 Å². The summed E-state index contributed by atoms with van der Waals surface area (Å²) >= 11 is 0. The van der Waals surface area contributed by atoms with Crippen molar-refractivity contribution in [3.05, 3.63) is 36.6 Å². The lowest BCUT2D eigenvalue weighted by molar-refractivity contribution is -0.135. The minimum absolute atomic E-state index is 0.00324. The Labute approximate surface area is 197 Å². The van der Waals surface area contributed by atoms with Gasteiger partial charge in [0.1, 0.15) is 17.2 Å². The molecule has 1 atom stereocenters. The Balaban J connectivity index is 1.70. The average Bonchev–Trinajstić information content (AvgIpc) is 3.47. The van der Waals surface area contributed by atoms with Gasteiger partial charge in [-0.3, -0.25) is 14.1 Å². The number of methoxy groups -OCH3 is 2. The average molecular weight is 490 g/mol. The molecule has 0 bridgehead atoms. The highest BCUT2D eigenvalue weighted by molar-refractivity contribution is 7.92. The molecule has 34 heavy (non-hydrogen) atoms. The standard InChI is InChI=1S/C22H27N5O6S/c1-15-7-4-11-19(28)26(15)12-14-34(29,30)25-22-24-23-21(18-10-6-13-33-18)27(22)20-16(31-2)8-5-9-17(20)32-3/h5-6,8-10,13,15H,4,7,11-12,14H2,1-3H3,(H,24,25). The van der Waals surface area contributed by atoms with Gasteiger partial charge >= 0.3 is 0 Å². The number of carbonyl (C=O) groups excluding carboxylic acids is 1. The van der Waals surface area contributed by atoms with Gasteiger partial charge in [0.2, 0.25) is 27.7 Å². The smallest absolute Gasteiger partial charge is 0.243 e. The first-order valence-electron chi connectivity index (χ1n) is 10.8. The van der Waals surface area contributed by atoms with Gasteiger partial charge in [0, 0.05) is 19.0 Å². The van der Waals surface area contributed by atoms with E-state index in [1.54, 1.807) is 35.2 Å². The molecule has 0 saturated carbocycles. The summed E-state index contributed by atoms with van der Waals surface area (Å²) in [6.45, 7) is 2.02. The number of hydrogen-bond acceptors (Lipinski definition) is 8. The fourth-order valence-corrected chi connectivity index (χ4v) is 4.98. The third-order valence-electron chi connectivity index (χ3n) is 5.74. The van der Waals surface area contributed by atoms with E-state index in [9.17, 15) is 13.2 Å². The zero-order valence-corrected chi connectivity index (χ0v) is 20.0. The van der Waals surface area contributed by atoms with Crippen molar-refractivity contribution < 1.29 is 27.1 Å². The van der Waals surface area contributed by atoms with Gasteiger partial charge in [-0.15, -0.1) is 10.2 Å². The quantitative estimate of drug-likeness (QED) is 0.486. The van der Waals surface area contributed by atoms with Crippen LogP contribution in [0, 0.1) is 0 Å². The van der Waals surface area contributed by atoms with Crippen LogP contribution in [0.4, 0.5) is 5.95 Å². The highest BCUT2D eigenvalue weighted by atomic mass is 32.2. The molecule has 3 aromatic rings. The Kier molecular flexibility index (Phi) is 6.77. The zero-order chi connectivity index (χ0) is 24.3. The summed E-state index contributed by atoms with van der Waals surface area (Å²) in [6.07, 6.45) is 3.59. The van der Waals surface area contributed by atoms with Crippen LogP contribution in [0.2, 0.25) is 0 Å². The van der Waals surface area contributed by atoms with Crippen LogP contribution in [0.1, 0.15) is 26.2 Å². The minimum Gasteiger partial charge on any atom is -0.494 e. The number of para-hydroxylation sites is 1. The van der Waals surface area contributed by atoms with E-state index < -0.39 is 10.0 Å². The van der Waals surface area contributed by atoms with E-state index in [0.717, 1.165) is 12.8 Å². The first-order valence-corrected chi connectivity index (χ1v) is 12.5. The van der Waals surface area contributed by atoms with Crippen LogP contribution in [-0.4, -0.2) is 66.5 Å². The highest BCUT2D eigenvalue weighted by Gasteiger charge is 2.29. The molecule has 1 saturated heterocycles. The predicted octanol–water partition coefficient (Wildman–Crippen LogP) is 2.69. The van der Waals surface area contributed by atoms with Crippen LogP contribution in [0.25, 0.3) is 17.3 Å². The summed E-state index contributed by atoms with van der Waals surface area (Å²) in [7, 11) is -0.894. The van der Waals surface area contributed by atoms with Crippen LogP contribution in [0.5, 0.6) is 11.5 Å². The number of aromatic nitrogens is 3. The van der Waals surface area contributed by atoms with Gasteiger partial charge in [0.25, 0.3) is 0 Å². The molecule has 1 aliphatic heterocycles. The van der Waals surface area contributed by atoms with E-state index in [1.165, 1.54) is 25.0 Å². The van der Waals surface area contributed by atoms with Gasteiger partial charge in [0.05, 0.1) is 26.2 Å². The molecule has 1 amide bonds. The Hall–Kier alpha value is -3.54. The van der Waals surface area contributed by atoms with Crippen molar-refractivity contribution in [1.29, 1.82) is 0 Å². The first kappa shape index (κ1) is 23.6. The van der Waals surface area contributed by atoms with E-state index in [-0.39, 0.29) is 36.0 Å². The molecule has 1 N–H and O–H groups in total. The fourth-order valence-electron chi connectivity index (χ4n) is 4.03. The molecule has 0 radical (unpaired) electrons. The molecule has 4 rings (SSSR count). The van der Waals surface area contributed by atoms with E-state index in [2.05, 4.69) is 14.9 Å². The maximum Gasteiger partial charge on any atom is 0.243 e. The summed E-state index contributed by atoms with van der Waals surface area (Å²) in [5, 5.41) is 8.24. The molecule has 11 nitrogen and oxygen atoms in total. The fraction of sp³-hybridized carbons (Fsp3) is 0.409. The van der Waals surface area contributed by atoms with Crippen LogP contribution >= 0.6 is 0 Å². The van der Waals surface area contributed by atoms with Crippen LogP contribution < -0.4 is 14.2 Å². The van der Waals surface area contributed by atoms with Crippen molar-refractivity contribution in [1.82, 2.24) is 19.7 Å². The van der Waals surface area contributed by atoms with Crippen molar-refractivity contribution in [2.75, 3.05) is 31.2 Å². The van der Waals surface area contributed by atoms with E-state index in [1.807, 2.05) is 6.92 Å². The van der Waals surface area contributed by atoms with E-state index in [0.29, 0.717) is 29.4 Å². The zero-order valence-electron chi connectivity index (χ0n) is 19.2. The van der Waals surface area contributed by atoms with Crippen LogP contribution in [0.15, 0.2) is 41.0 Å². The number of nitrogens with zero attached hydrogens (tertiary/aromatic N) is 4. The van der Waals surface area contributed by atoms with Crippen molar-refractivity contribution in [2.45, 2.75) is 32.2 Å². The largest absolute Gasteiger partial charge is 0.494 e. The summed E-state index contributed by atoms with van der Waals surface area (Å²) in [4.78, 5) is 13.9. The third-order valence-corrected chi connectivity index (χ3v) is 6.96. The number of rotatable bonds is 9.